The monoisotopic (exact) mass is 474 g/mol. The highest BCUT2D eigenvalue weighted by Gasteiger charge is 2.33. The second-order valence-corrected chi connectivity index (χ2v) is 8.89. The third-order valence-corrected chi connectivity index (χ3v) is 6.43. The maximum atomic E-state index is 14.6. The second kappa shape index (κ2) is 9.42. The van der Waals surface area contributed by atoms with E-state index in [1.165, 1.54) is 13.4 Å². The molecule has 3 heterocycles. The Labute approximate surface area is 202 Å². The number of carbonyl (C=O) groups is 1. The van der Waals surface area contributed by atoms with E-state index in [0.29, 0.717) is 35.6 Å². The van der Waals surface area contributed by atoms with Gasteiger partial charge >= 0.3 is 0 Å². The zero-order valence-corrected chi connectivity index (χ0v) is 19.9. The molecule has 1 aliphatic rings. The van der Waals surface area contributed by atoms with Crippen molar-refractivity contribution in [2.75, 3.05) is 32.6 Å². The highest BCUT2D eigenvalue weighted by molar-refractivity contribution is 6.02. The van der Waals surface area contributed by atoms with E-state index < -0.39 is 12.1 Å². The van der Waals surface area contributed by atoms with Gasteiger partial charge in [-0.15, -0.1) is 0 Å². The Hall–Kier alpha value is -3.85. The molecule has 4 aromatic rings. The molecule has 1 amide bonds. The fourth-order valence-electron chi connectivity index (χ4n) is 4.61. The van der Waals surface area contributed by atoms with E-state index in [1.807, 2.05) is 55.5 Å². The number of alkyl halides is 1. The normalized spacial score (nSPS) is 18.5. The Morgan fingerprint density at radius 3 is 2.69 bits per heavy atom. The number of anilines is 1. The summed E-state index contributed by atoms with van der Waals surface area (Å²) in [4.78, 5) is 23.9. The number of ether oxygens (including phenoxy) is 1. The van der Waals surface area contributed by atoms with Crippen molar-refractivity contribution in [2.45, 2.75) is 12.6 Å². The van der Waals surface area contributed by atoms with Gasteiger partial charge in [0.15, 0.2) is 0 Å². The lowest BCUT2D eigenvalue weighted by Gasteiger charge is -2.31. The van der Waals surface area contributed by atoms with Crippen LogP contribution in [-0.4, -0.2) is 64.0 Å². The lowest BCUT2D eigenvalue weighted by molar-refractivity contribution is -0.123. The number of piperidine rings is 1. The van der Waals surface area contributed by atoms with Crippen molar-refractivity contribution in [3.63, 3.8) is 0 Å². The smallest absolute Gasteiger partial charge is 0.230 e. The van der Waals surface area contributed by atoms with Crippen LogP contribution in [0.2, 0.25) is 0 Å². The number of amides is 1. The van der Waals surface area contributed by atoms with E-state index in [-0.39, 0.29) is 12.5 Å². The van der Waals surface area contributed by atoms with Gasteiger partial charge in [0, 0.05) is 42.4 Å². The van der Waals surface area contributed by atoms with Crippen LogP contribution in [0.25, 0.3) is 33.4 Å². The first-order valence-corrected chi connectivity index (χ1v) is 11.5. The first kappa shape index (κ1) is 22.9. The number of hydrogen-bond acceptors (Lipinski definition) is 6. The van der Waals surface area contributed by atoms with Crippen LogP contribution in [0.3, 0.4) is 0 Å². The van der Waals surface area contributed by atoms with Gasteiger partial charge in [0.2, 0.25) is 5.91 Å². The van der Waals surface area contributed by atoms with Crippen LogP contribution in [0, 0.1) is 5.92 Å². The molecule has 5 rings (SSSR count). The van der Waals surface area contributed by atoms with E-state index in [2.05, 4.69) is 20.4 Å². The summed E-state index contributed by atoms with van der Waals surface area (Å²) in [6.45, 7) is 0.919. The third-order valence-electron chi connectivity index (χ3n) is 6.43. The fraction of sp³-hybridized carbons (Fsp3) is 0.308. The molecule has 1 saturated heterocycles. The number of nitrogens with one attached hydrogen (secondary N) is 1. The van der Waals surface area contributed by atoms with Crippen molar-refractivity contribution in [1.82, 2.24) is 24.6 Å². The van der Waals surface area contributed by atoms with Crippen molar-refractivity contribution in [3.8, 4) is 28.3 Å². The fourth-order valence-corrected chi connectivity index (χ4v) is 4.61. The molecule has 9 heteroatoms. The summed E-state index contributed by atoms with van der Waals surface area (Å²) in [5.74, 6) is -0.609. The molecular weight excluding hydrogens is 447 g/mol. The van der Waals surface area contributed by atoms with Gasteiger partial charge in [-0.3, -0.25) is 9.48 Å². The van der Waals surface area contributed by atoms with Gasteiger partial charge in [0.25, 0.3) is 0 Å². The van der Waals surface area contributed by atoms with Crippen LogP contribution in [0.4, 0.5) is 10.1 Å². The van der Waals surface area contributed by atoms with Gasteiger partial charge in [-0.05, 0) is 26.1 Å². The quantitative estimate of drug-likeness (QED) is 0.472. The molecule has 0 spiro atoms. The first-order valence-electron chi connectivity index (χ1n) is 11.5. The Kier molecular flexibility index (Phi) is 6.17. The number of carbonyl (C=O) groups excluding carboxylic acids is 1. The second-order valence-electron chi connectivity index (χ2n) is 8.89. The van der Waals surface area contributed by atoms with Crippen LogP contribution in [0.5, 0.6) is 5.75 Å². The number of hydrogen-bond donors (Lipinski definition) is 1. The third kappa shape index (κ3) is 4.46. The molecule has 2 aromatic carbocycles. The number of likely N-dealkylation sites (tertiary alicyclic amines) is 1. The molecule has 180 valence electrons. The molecule has 0 saturated carbocycles. The minimum atomic E-state index is -1.22. The molecule has 2 atom stereocenters. The van der Waals surface area contributed by atoms with E-state index in [9.17, 15) is 9.18 Å². The maximum absolute atomic E-state index is 14.6. The molecule has 0 radical (unpaired) electrons. The van der Waals surface area contributed by atoms with Gasteiger partial charge in [0.05, 0.1) is 29.9 Å². The molecular formula is C26H27FN6O2. The van der Waals surface area contributed by atoms with Gasteiger partial charge < -0.3 is 15.0 Å². The number of halogens is 1. The summed E-state index contributed by atoms with van der Waals surface area (Å²) in [5.41, 5.74) is 4.40. The molecule has 1 aliphatic heterocycles. The minimum Gasteiger partial charge on any atom is -0.494 e. The molecule has 2 aromatic heterocycles. The Balaban J connectivity index is 1.57. The topological polar surface area (TPSA) is 85.2 Å². The summed E-state index contributed by atoms with van der Waals surface area (Å²) >= 11 is 0. The standard InChI is InChI=1S/C26H27FN6O2/c1-32-10-9-17(20(27)14-32)26(34)30-22-11-18-21(12-23(22)35-3)28-15-29-25(18)19-13-33(2)31-24(19)16-7-5-4-6-8-16/h4-8,11-13,15,17,20H,9-10,14H2,1-3H3,(H,30,34)/t17-,20-/m1/s1. The number of fused-ring (bicyclic) bond motifs is 1. The Morgan fingerprint density at radius 2 is 1.94 bits per heavy atom. The number of methoxy groups -OCH3 is 1. The average molecular weight is 475 g/mol. The molecule has 35 heavy (non-hydrogen) atoms. The predicted octanol–water partition coefficient (Wildman–Crippen LogP) is 3.93. The van der Waals surface area contributed by atoms with Crippen LogP contribution in [0.1, 0.15) is 6.42 Å². The summed E-state index contributed by atoms with van der Waals surface area (Å²) in [6, 6.07) is 13.4. The summed E-state index contributed by atoms with van der Waals surface area (Å²) in [6.07, 6.45) is 2.66. The largest absolute Gasteiger partial charge is 0.494 e. The van der Waals surface area contributed by atoms with E-state index in [4.69, 9.17) is 4.74 Å². The lowest BCUT2D eigenvalue weighted by atomic mass is 9.94. The number of aryl methyl sites for hydroxylation is 1. The molecule has 0 bridgehead atoms. The molecule has 8 nitrogen and oxygen atoms in total. The average Bonchev–Trinajstić information content (AvgIpc) is 3.25. The molecule has 1 fully saturated rings. The SMILES string of the molecule is COc1cc2ncnc(-c3cn(C)nc3-c3ccccc3)c2cc1NC(=O)[C@@H]1CCN(C)C[C@H]1F. The van der Waals surface area contributed by atoms with Crippen LogP contribution < -0.4 is 10.1 Å². The minimum absolute atomic E-state index is 0.244. The zero-order valence-electron chi connectivity index (χ0n) is 19.9. The van der Waals surface area contributed by atoms with Crippen LogP contribution in [-0.2, 0) is 11.8 Å². The van der Waals surface area contributed by atoms with Crippen LogP contribution in [0.15, 0.2) is 55.0 Å². The Morgan fingerprint density at radius 1 is 1.14 bits per heavy atom. The van der Waals surface area contributed by atoms with E-state index in [0.717, 1.165) is 22.2 Å². The molecule has 0 unspecified atom stereocenters. The Bertz CT molecular complexity index is 1370. The van der Waals surface area contributed by atoms with Crippen molar-refractivity contribution in [3.05, 3.63) is 55.0 Å². The van der Waals surface area contributed by atoms with Gasteiger partial charge in [0.1, 0.15) is 23.9 Å². The highest BCUT2D eigenvalue weighted by Crippen LogP contribution is 2.37. The lowest BCUT2D eigenvalue weighted by Crippen LogP contribution is -2.44. The first-order chi connectivity index (χ1) is 16.9. The molecule has 1 N–H and O–H groups in total. The number of aromatic nitrogens is 4. The van der Waals surface area contributed by atoms with E-state index >= 15 is 0 Å². The van der Waals surface area contributed by atoms with Gasteiger partial charge in [-0.25, -0.2) is 14.4 Å². The number of nitrogens with zero attached hydrogens (tertiary/aromatic N) is 5. The summed E-state index contributed by atoms with van der Waals surface area (Å²) in [5, 5.41) is 8.29. The number of benzene rings is 2. The summed E-state index contributed by atoms with van der Waals surface area (Å²) in [7, 11) is 5.25. The number of rotatable bonds is 5. The predicted molar refractivity (Wildman–Crippen MR) is 133 cm³/mol. The van der Waals surface area contributed by atoms with Crippen LogP contribution >= 0.6 is 0 Å². The van der Waals surface area contributed by atoms with Gasteiger partial charge in [-0.1, -0.05) is 30.3 Å². The highest BCUT2D eigenvalue weighted by atomic mass is 19.1. The van der Waals surface area contributed by atoms with Crippen molar-refractivity contribution in [2.24, 2.45) is 13.0 Å². The van der Waals surface area contributed by atoms with Crippen molar-refractivity contribution >= 4 is 22.5 Å². The molecule has 0 aliphatic carbocycles. The zero-order chi connectivity index (χ0) is 24.5. The summed E-state index contributed by atoms with van der Waals surface area (Å²) < 4.78 is 21.9. The van der Waals surface area contributed by atoms with E-state index in [1.54, 1.807) is 16.8 Å². The van der Waals surface area contributed by atoms with Crippen molar-refractivity contribution < 1.29 is 13.9 Å². The van der Waals surface area contributed by atoms with Gasteiger partial charge in [-0.2, -0.15) is 5.10 Å². The maximum Gasteiger partial charge on any atom is 0.230 e. The van der Waals surface area contributed by atoms with Crippen molar-refractivity contribution in [1.29, 1.82) is 0 Å².